The quantitative estimate of drug-likeness (QED) is 0.368. The minimum absolute atomic E-state index is 0.0854. The molecule has 0 heterocycles. The summed E-state index contributed by atoms with van der Waals surface area (Å²) in [4.78, 5) is 22.0. The zero-order chi connectivity index (χ0) is 12.2. The van der Waals surface area contributed by atoms with Crippen molar-refractivity contribution in [1.82, 2.24) is 0 Å². The molecule has 0 aromatic carbocycles. The predicted octanol–water partition coefficient (Wildman–Crippen LogP) is 1.35. The number of ether oxygens (including phenoxy) is 2. The minimum atomic E-state index is -0.318. The van der Waals surface area contributed by atoms with Crippen molar-refractivity contribution in [2.75, 3.05) is 13.3 Å². The molecular formula is C11H21NO4. The highest BCUT2D eigenvalue weighted by Gasteiger charge is 2.05. The second-order valence-corrected chi connectivity index (χ2v) is 3.46. The molecule has 0 radical (unpaired) electrons. The van der Waals surface area contributed by atoms with E-state index in [2.05, 4.69) is 4.74 Å². The Balaban J connectivity index is 3.30. The lowest BCUT2D eigenvalue weighted by molar-refractivity contribution is -0.145. The van der Waals surface area contributed by atoms with E-state index in [0.29, 0.717) is 32.3 Å². The SMILES string of the molecule is CCCCOC(=O)CCCCC(=O)OCN. The third-order valence-electron chi connectivity index (χ3n) is 2.02. The molecule has 2 N–H and O–H groups in total. The zero-order valence-electron chi connectivity index (χ0n) is 9.87. The molecule has 0 aromatic rings. The molecule has 0 spiro atoms. The molecule has 94 valence electrons. The maximum Gasteiger partial charge on any atom is 0.307 e. The summed E-state index contributed by atoms with van der Waals surface area (Å²) in [5, 5.41) is 0. The Kier molecular flexibility index (Phi) is 9.70. The lowest BCUT2D eigenvalue weighted by Gasteiger charge is -2.03. The van der Waals surface area contributed by atoms with Gasteiger partial charge >= 0.3 is 11.9 Å². The highest BCUT2D eigenvalue weighted by atomic mass is 16.5. The van der Waals surface area contributed by atoms with Gasteiger partial charge in [0.25, 0.3) is 0 Å². The largest absolute Gasteiger partial charge is 0.466 e. The van der Waals surface area contributed by atoms with Gasteiger partial charge < -0.3 is 9.47 Å². The molecular weight excluding hydrogens is 210 g/mol. The van der Waals surface area contributed by atoms with Crippen molar-refractivity contribution in [3.05, 3.63) is 0 Å². The van der Waals surface area contributed by atoms with Gasteiger partial charge in [0.1, 0.15) is 6.73 Å². The van der Waals surface area contributed by atoms with Crippen LogP contribution in [0.2, 0.25) is 0 Å². The molecule has 0 aliphatic carbocycles. The van der Waals surface area contributed by atoms with Crippen LogP contribution in [0.25, 0.3) is 0 Å². The van der Waals surface area contributed by atoms with Gasteiger partial charge in [0, 0.05) is 12.8 Å². The average Bonchev–Trinajstić information content (AvgIpc) is 2.25. The molecule has 0 amide bonds. The van der Waals surface area contributed by atoms with Crippen LogP contribution in [0, 0.1) is 0 Å². The number of hydrogen-bond donors (Lipinski definition) is 1. The molecule has 0 bridgehead atoms. The predicted molar refractivity (Wildman–Crippen MR) is 59.5 cm³/mol. The van der Waals surface area contributed by atoms with Gasteiger partial charge in [0.2, 0.25) is 0 Å². The van der Waals surface area contributed by atoms with E-state index < -0.39 is 0 Å². The summed E-state index contributed by atoms with van der Waals surface area (Å²) in [5.41, 5.74) is 5.03. The van der Waals surface area contributed by atoms with E-state index in [4.69, 9.17) is 10.5 Å². The van der Waals surface area contributed by atoms with Crippen LogP contribution in [0.15, 0.2) is 0 Å². The molecule has 5 heteroatoms. The Morgan fingerprint density at radius 3 is 2.06 bits per heavy atom. The first-order valence-corrected chi connectivity index (χ1v) is 5.72. The van der Waals surface area contributed by atoms with E-state index in [0.717, 1.165) is 12.8 Å². The maximum absolute atomic E-state index is 11.1. The Hall–Kier alpha value is -1.10. The van der Waals surface area contributed by atoms with Gasteiger partial charge in [-0.2, -0.15) is 0 Å². The first-order chi connectivity index (χ1) is 7.70. The normalized spacial score (nSPS) is 9.88. The summed E-state index contributed by atoms with van der Waals surface area (Å²) in [6.07, 6.45) is 3.85. The summed E-state index contributed by atoms with van der Waals surface area (Å²) in [7, 11) is 0. The highest BCUT2D eigenvalue weighted by Crippen LogP contribution is 2.03. The number of nitrogens with two attached hydrogens (primary N) is 1. The van der Waals surface area contributed by atoms with Crippen molar-refractivity contribution in [3.63, 3.8) is 0 Å². The van der Waals surface area contributed by atoms with Crippen LogP contribution in [-0.4, -0.2) is 25.3 Å². The lowest BCUT2D eigenvalue weighted by atomic mass is 10.2. The molecule has 0 atom stereocenters. The number of esters is 2. The van der Waals surface area contributed by atoms with Crippen LogP contribution in [0.1, 0.15) is 45.4 Å². The lowest BCUT2D eigenvalue weighted by Crippen LogP contribution is -2.12. The highest BCUT2D eigenvalue weighted by molar-refractivity contribution is 5.70. The molecule has 16 heavy (non-hydrogen) atoms. The first-order valence-electron chi connectivity index (χ1n) is 5.72. The fourth-order valence-corrected chi connectivity index (χ4v) is 1.11. The molecule has 0 unspecified atom stereocenters. The van der Waals surface area contributed by atoms with E-state index in [1.807, 2.05) is 6.92 Å². The zero-order valence-corrected chi connectivity index (χ0v) is 9.87. The molecule has 0 saturated carbocycles. The van der Waals surface area contributed by atoms with Gasteiger partial charge in [-0.3, -0.25) is 15.3 Å². The third-order valence-corrected chi connectivity index (χ3v) is 2.02. The molecule has 0 aromatic heterocycles. The van der Waals surface area contributed by atoms with Gasteiger partial charge in [-0.05, 0) is 19.3 Å². The van der Waals surface area contributed by atoms with Gasteiger partial charge in [0.05, 0.1) is 6.61 Å². The summed E-state index contributed by atoms with van der Waals surface area (Å²) >= 11 is 0. The number of hydrogen-bond acceptors (Lipinski definition) is 5. The number of carbonyl (C=O) groups excluding carboxylic acids is 2. The van der Waals surface area contributed by atoms with Crippen LogP contribution in [0.3, 0.4) is 0 Å². The van der Waals surface area contributed by atoms with Gasteiger partial charge in [-0.1, -0.05) is 13.3 Å². The monoisotopic (exact) mass is 231 g/mol. The molecule has 0 aliphatic heterocycles. The van der Waals surface area contributed by atoms with Crippen LogP contribution < -0.4 is 5.73 Å². The van der Waals surface area contributed by atoms with E-state index in [9.17, 15) is 9.59 Å². The first kappa shape index (κ1) is 14.9. The second kappa shape index (κ2) is 10.4. The van der Waals surface area contributed by atoms with Crippen molar-refractivity contribution in [1.29, 1.82) is 0 Å². The van der Waals surface area contributed by atoms with E-state index >= 15 is 0 Å². The van der Waals surface area contributed by atoms with Gasteiger partial charge in [0.15, 0.2) is 0 Å². The smallest absolute Gasteiger partial charge is 0.307 e. The molecule has 0 fully saturated rings. The standard InChI is InChI=1S/C11H21NO4/c1-2-3-8-15-10(13)6-4-5-7-11(14)16-9-12/h2-9,12H2,1H3. The molecule has 5 nitrogen and oxygen atoms in total. The molecule has 0 rings (SSSR count). The molecule has 0 saturated heterocycles. The van der Waals surface area contributed by atoms with Crippen LogP contribution in [0.4, 0.5) is 0 Å². The maximum atomic E-state index is 11.1. The fraction of sp³-hybridized carbons (Fsp3) is 0.818. The van der Waals surface area contributed by atoms with Crippen LogP contribution in [0.5, 0.6) is 0 Å². The van der Waals surface area contributed by atoms with E-state index in [1.165, 1.54) is 0 Å². The summed E-state index contributed by atoms with van der Waals surface area (Å²) in [6, 6.07) is 0. The van der Waals surface area contributed by atoms with E-state index in [-0.39, 0.29) is 18.7 Å². The second-order valence-electron chi connectivity index (χ2n) is 3.46. The molecule has 0 aliphatic rings. The van der Waals surface area contributed by atoms with Crippen molar-refractivity contribution in [2.45, 2.75) is 45.4 Å². The van der Waals surface area contributed by atoms with Crippen molar-refractivity contribution in [2.24, 2.45) is 5.73 Å². The number of unbranched alkanes of at least 4 members (excludes halogenated alkanes) is 2. The Labute approximate surface area is 96.3 Å². The van der Waals surface area contributed by atoms with Crippen molar-refractivity contribution in [3.8, 4) is 0 Å². The Bertz CT molecular complexity index is 206. The number of rotatable bonds is 9. The van der Waals surface area contributed by atoms with Gasteiger partial charge in [-0.15, -0.1) is 0 Å². The fourth-order valence-electron chi connectivity index (χ4n) is 1.11. The van der Waals surface area contributed by atoms with Crippen LogP contribution in [-0.2, 0) is 19.1 Å². The summed E-state index contributed by atoms with van der Waals surface area (Å²) in [5.74, 6) is -0.512. The summed E-state index contributed by atoms with van der Waals surface area (Å²) < 4.78 is 9.51. The summed E-state index contributed by atoms with van der Waals surface area (Å²) in [6.45, 7) is 2.44. The van der Waals surface area contributed by atoms with Crippen LogP contribution >= 0.6 is 0 Å². The topological polar surface area (TPSA) is 78.6 Å². The van der Waals surface area contributed by atoms with E-state index in [1.54, 1.807) is 0 Å². The van der Waals surface area contributed by atoms with Crippen molar-refractivity contribution >= 4 is 11.9 Å². The minimum Gasteiger partial charge on any atom is -0.466 e. The number of carbonyl (C=O) groups is 2. The Morgan fingerprint density at radius 2 is 1.56 bits per heavy atom. The third kappa shape index (κ3) is 9.45. The Morgan fingerprint density at radius 1 is 1.00 bits per heavy atom. The van der Waals surface area contributed by atoms with Crippen molar-refractivity contribution < 1.29 is 19.1 Å². The van der Waals surface area contributed by atoms with Gasteiger partial charge in [-0.25, -0.2) is 0 Å². The average molecular weight is 231 g/mol.